The minimum Gasteiger partial charge on any atom is -0.492 e. The maximum atomic E-state index is 14.6. The van der Waals surface area contributed by atoms with Crippen molar-refractivity contribution >= 4 is 22.1 Å². The minimum absolute atomic E-state index is 0.384. The van der Waals surface area contributed by atoms with E-state index in [1.807, 2.05) is 69.6 Å². The van der Waals surface area contributed by atoms with Gasteiger partial charge in [-0.3, -0.25) is 10.1 Å². The number of aromatic amines is 2. The van der Waals surface area contributed by atoms with E-state index >= 15 is 0 Å². The topological polar surface area (TPSA) is 108 Å². The fourth-order valence-corrected chi connectivity index (χ4v) is 4.78. The maximum absolute atomic E-state index is 14.6. The van der Waals surface area contributed by atoms with Crippen molar-refractivity contribution in [3.8, 4) is 45.3 Å². The van der Waals surface area contributed by atoms with Crippen LogP contribution in [0, 0.1) is 5.82 Å². The van der Waals surface area contributed by atoms with Crippen LogP contribution in [0.4, 0.5) is 4.39 Å². The van der Waals surface area contributed by atoms with E-state index in [0.717, 1.165) is 40.7 Å². The summed E-state index contributed by atoms with van der Waals surface area (Å²) in [6, 6.07) is 14.6. The van der Waals surface area contributed by atoms with E-state index in [2.05, 4.69) is 36.1 Å². The first-order valence-electron chi connectivity index (χ1n) is 14.0. The van der Waals surface area contributed by atoms with Crippen LogP contribution in [0.25, 0.3) is 55.8 Å². The monoisotopic (exact) mass is 580 g/mol. The van der Waals surface area contributed by atoms with Gasteiger partial charge in [0.05, 0.1) is 11.7 Å². The molecule has 0 amide bonds. The van der Waals surface area contributed by atoms with E-state index in [0.29, 0.717) is 53.0 Å². The van der Waals surface area contributed by atoms with Crippen LogP contribution in [0.15, 0.2) is 67.1 Å². The molecule has 4 heterocycles. The highest BCUT2D eigenvalue weighted by atomic mass is 19.1. The number of likely N-dealkylation sites (N-methyl/N-ethyl adjacent to an activating group) is 2. The average Bonchev–Trinajstić information content (AvgIpc) is 3.60. The predicted molar refractivity (Wildman–Crippen MR) is 166 cm³/mol. The zero-order chi connectivity index (χ0) is 29.9. The molecule has 0 saturated carbocycles. The Balaban J connectivity index is 1.33. The standard InChI is InChI=1S/C32H33FN8O2/c1-40(2)9-11-42-24-14-21(13-23(33)17-24)26-7-8-35-31-29(26)36-32(37-31)30-27-16-20(5-6-28(27)38-39-30)22-15-25(19-34-18-22)43-12-10-41(3)4/h5-8,13-19H,9-12H2,1-4H3,(H,38,39)(H,35,36,37). The zero-order valence-electron chi connectivity index (χ0n) is 24.6. The minimum atomic E-state index is -0.384. The van der Waals surface area contributed by atoms with Gasteiger partial charge in [0, 0.05) is 48.1 Å². The number of rotatable bonds is 11. The molecule has 6 aromatic rings. The van der Waals surface area contributed by atoms with Gasteiger partial charge in [-0.05, 0) is 75.7 Å². The fourth-order valence-electron chi connectivity index (χ4n) is 4.78. The molecular formula is C32H33FN8O2. The Bertz CT molecular complexity index is 1880. The summed E-state index contributed by atoms with van der Waals surface area (Å²) in [5, 5.41) is 8.56. The van der Waals surface area contributed by atoms with E-state index in [1.165, 1.54) is 12.1 Å². The SMILES string of the molecule is CN(C)CCOc1cncc(-c2ccc3[nH]nc(-c4nc5c(-c6cc(F)cc(OCCN(C)C)c6)ccnc5[nH]4)c3c2)c1. The van der Waals surface area contributed by atoms with Crippen molar-refractivity contribution in [3.05, 3.63) is 72.9 Å². The number of pyridine rings is 2. The van der Waals surface area contributed by atoms with Gasteiger partial charge in [-0.1, -0.05) is 6.07 Å². The number of ether oxygens (including phenoxy) is 2. The molecule has 0 unspecified atom stereocenters. The van der Waals surface area contributed by atoms with Crippen LogP contribution < -0.4 is 9.47 Å². The van der Waals surface area contributed by atoms with Crippen LogP contribution in [0.2, 0.25) is 0 Å². The number of benzene rings is 2. The summed E-state index contributed by atoms with van der Waals surface area (Å²) >= 11 is 0. The second-order valence-corrected chi connectivity index (χ2v) is 10.9. The van der Waals surface area contributed by atoms with Gasteiger partial charge < -0.3 is 24.3 Å². The van der Waals surface area contributed by atoms with E-state index in [9.17, 15) is 4.39 Å². The predicted octanol–water partition coefficient (Wildman–Crippen LogP) is 5.25. The second kappa shape index (κ2) is 12.2. The molecule has 0 aliphatic carbocycles. The molecule has 10 nitrogen and oxygen atoms in total. The zero-order valence-corrected chi connectivity index (χ0v) is 24.6. The Hall–Kier alpha value is -4.87. The molecule has 11 heteroatoms. The van der Waals surface area contributed by atoms with Gasteiger partial charge in [-0.25, -0.2) is 14.4 Å². The molecule has 220 valence electrons. The highest BCUT2D eigenvalue weighted by molar-refractivity contribution is 5.97. The van der Waals surface area contributed by atoms with Crippen LogP contribution in [-0.2, 0) is 0 Å². The van der Waals surface area contributed by atoms with Crippen LogP contribution in [0.3, 0.4) is 0 Å². The molecule has 43 heavy (non-hydrogen) atoms. The number of halogens is 1. The number of aromatic nitrogens is 6. The van der Waals surface area contributed by atoms with Crippen molar-refractivity contribution in [1.29, 1.82) is 0 Å². The lowest BCUT2D eigenvalue weighted by atomic mass is 10.0. The number of imidazole rings is 1. The third kappa shape index (κ3) is 6.32. The van der Waals surface area contributed by atoms with Crippen LogP contribution in [-0.4, -0.2) is 94.4 Å². The van der Waals surface area contributed by atoms with Gasteiger partial charge in [0.1, 0.15) is 41.7 Å². The quantitative estimate of drug-likeness (QED) is 0.214. The van der Waals surface area contributed by atoms with Crippen LogP contribution in [0.1, 0.15) is 0 Å². The largest absolute Gasteiger partial charge is 0.492 e. The van der Waals surface area contributed by atoms with Crippen LogP contribution >= 0.6 is 0 Å². The molecule has 0 aliphatic heterocycles. The molecule has 0 bridgehead atoms. The maximum Gasteiger partial charge on any atom is 0.160 e. The van der Waals surface area contributed by atoms with Gasteiger partial charge in [-0.2, -0.15) is 5.10 Å². The number of hydrogen-bond donors (Lipinski definition) is 2. The first kappa shape index (κ1) is 28.3. The van der Waals surface area contributed by atoms with Crippen molar-refractivity contribution in [2.45, 2.75) is 0 Å². The third-order valence-electron chi connectivity index (χ3n) is 7.02. The molecule has 0 aliphatic rings. The van der Waals surface area contributed by atoms with Gasteiger partial charge in [0.15, 0.2) is 11.5 Å². The van der Waals surface area contributed by atoms with Crippen molar-refractivity contribution in [3.63, 3.8) is 0 Å². The molecule has 0 fully saturated rings. The van der Waals surface area contributed by atoms with Crippen LogP contribution in [0.5, 0.6) is 11.5 Å². The van der Waals surface area contributed by atoms with Crippen molar-refractivity contribution < 1.29 is 13.9 Å². The molecule has 0 radical (unpaired) electrons. The van der Waals surface area contributed by atoms with Gasteiger partial charge in [0.2, 0.25) is 0 Å². The van der Waals surface area contributed by atoms with Crippen molar-refractivity contribution in [1.82, 2.24) is 39.9 Å². The number of H-pyrrole nitrogens is 2. The molecular weight excluding hydrogens is 547 g/mol. The third-order valence-corrected chi connectivity index (χ3v) is 7.02. The summed E-state index contributed by atoms with van der Waals surface area (Å²) in [4.78, 5) is 21.1. The molecule has 2 N–H and O–H groups in total. The fraction of sp³-hybridized carbons (Fsp3) is 0.250. The van der Waals surface area contributed by atoms with Gasteiger partial charge in [-0.15, -0.1) is 0 Å². The van der Waals surface area contributed by atoms with Gasteiger partial charge in [0.25, 0.3) is 0 Å². The molecule has 0 saturated heterocycles. The lowest BCUT2D eigenvalue weighted by molar-refractivity contribution is 0.260. The number of fused-ring (bicyclic) bond motifs is 2. The molecule has 0 spiro atoms. The Kier molecular flexibility index (Phi) is 7.99. The lowest BCUT2D eigenvalue weighted by Crippen LogP contribution is -2.19. The first-order chi connectivity index (χ1) is 20.8. The summed E-state index contributed by atoms with van der Waals surface area (Å²) in [6.07, 6.45) is 5.21. The number of nitrogens with one attached hydrogen (secondary N) is 2. The summed E-state index contributed by atoms with van der Waals surface area (Å²) in [7, 11) is 7.94. The highest BCUT2D eigenvalue weighted by Gasteiger charge is 2.17. The smallest absolute Gasteiger partial charge is 0.160 e. The molecule has 0 atom stereocenters. The number of hydrogen-bond acceptors (Lipinski definition) is 8. The summed E-state index contributed by atoms with van der Waals surface area (Å²) in [6.45, 7) is 2.56. The van der Waals surface area contributed by atoms with Gasteiger partial charge >= 0.3 is 0 Å². The molecule has 6 rings (SSSR count). The molecule has 4 aromatic heterocycles. The summed E-state index contributed by atoms with van der Waals surface area (Å²) < 4.78 is 26.3. The highest BCUT2D eigenvalue weighted by Crippen LogP contribution is 2.34. The van der Waals surface area contributed by atoms with Crippen molar-refractivity contribution in [2.24, 2.45) is 0 Å². The average molecular weight is 581 g/mol. The van der Waals surface area contributed by atoms with E-state index in [4.69, 9.17) is 14.5 Å². The first-order valence-corrected chi connectivity index (χ1v) is 14.0. The lowest BCUT2D eigenvalue weighted by Gasteiger charge is -2.12. The van der Waals surface area contributed by atoms with E-state index in [-0.39, 0.29) is 5.82 Å². The normalized spacial score (nSPS) is 11.7. The Morgan fingerprint density at radius 2 is 1.58 bits per heavy atom. The second-order valence-electron chi connectivity index (χ2n) is 10.9. The van der Waals surface area contributed by atoms with E-state index in [1.54, 1.807) is 12.4 Å². The van der Waals surface area contributed by atoms with E-state index < -0.39 is 0 Å². The molecule has 2 aromatic carbocycles. The number of nitrogens with zero attached hydrogens (tertiary/aromatic N) is 6. The Labute approximate surface area is 248 Å². The Morgan fingerprint density at radius 3 is 2.37 bits per heavy atom. The Morgan fingerprint density at radius 1 is 0.814 bits per heavy atom. The summed E-state index contributed by atoms with van der Waals surface area (Å²) in [5.74, 6) is 1.35. The summed E-state index contributed by atoms with van der Waals surface area (Å²) in [5.41, 5.74) is 5.99. The van der Waals surface area contributed by atoms with Crippen molar-refractivity contribution in [2.75, 3.05) is 54.5 Å².